The largest absolute Gasteiger partial charge is 0.458 e. The summed E-state index contributed by atoms with van der Waals surface area (Å²) in [6.45, 7) is 6.98. The summed E-state index contributed by atoms with van der Waals surface area (Å²) in [6.07, 6.45) is 3.85. The molecule has 1 heterocycles. The molecule has 21 heavy (non-hydrogen) atoms. The van der Waals surface area contributed by atoms with Crippen LogP contribution in [0.15, 0.2) is 12.3 Å². The van der Waals surface area contributed by atoms with Crippen LogP contribution in [0.3, 0.4) is 0 Å². The molecule has 0 bridgehead atoms. The number of ether oxygens (including phenoxy) is 1. The third kappa shape index (κ3) is 4.24. The van der Waals surface area contributed by atoms with Gasteiger partial charge in [-0.3, -0.25) is 4.79 Å². The van der Waals surface area contributed by atoms with E-state index in [-0.39, 0.29) is 5.91 Å². The third-order valence-electron chi connectivity index (χ3n) is 3.10. The van der Waals surface area contributed by atoms with Gasteiger partial charge < -0.3 is 14.6 Å². The Hall–Kier alpha value is -1.49. The van der Waals surface area contributed by atoms with E-state index in [0.717, 1.165) is 12.8 Å². The first-order chi connectivity index (χ1) is 9.67. The number of rotatable bonds is 4. The Kier molecular flexibility index (Phi) is 4.33. The Morgan fingerprint density at radius 1 is 1.43 bits per heavy atom. The average molecular weight is 313 g/mol. The van der Waals surface area contributed by atoms with Crippen LogP contribution in [0.1, 0.15) is 57.1 Å². The zero-order valence-corrected chi connectivity index (χ0v) is 13.5. The van der Waals surface area contributed by atoms with Crippen LogP contribution in [-0.4, -0.2) is 28.1 Å². The standard InChI is InChI=1S/C15H21ClN2O3/c1-9(14(20)21-15(2,3)4)17-13(19)12-7-10(16)8-18(12)11-5-6-11/h7-9,11H,5-6H2,1-4H3,(H,17,19)/t9-/m0/s1. The molecule has 0 spiro atoms. The van der Waals surface area contributed by atoms with E-state index in [4.69, 9.17) is 16.3 Å². The Bertz CT molecular complexity index is 556. The van der Waals surface area contributed by atoms with Crippen LogP contribution in [0, 0.1) is 0 Å². The number of hydrogen-bond acceptors (Lipinski definition) is 3. The third-order valence-corrected chi connectivity index (χ3v) is 3.30. The van der Waals surface area contributed by atoms with Crippen molar-refractivity contribution in [2.75, 3.05) is 0 Å². The van der Waals surface area contributed by atoms with Gasteiger partial charge in [0.15, 0.2) is 0 Å². The minimum atomic E-state index is -0.710. The lowest BCUT2D eigenvalue weighted by Gasteiger charge is -2.22. The number of carbonyl (C=O) groups excluding carboxylic acids is 2. The first-order valence-electron chi connectivity index (χ1n) is 7.08. The highest BCUT2D eigenvalue weighted by molar-refractivity contribution is 6.31. The molecular weight excluding hydrogens is 292 g/mol. The second kappa shape index (κ2) is 5.72. The van der Waals surface area contributed by atoms with Crippen molar-refractivity contribution in [3.63, 3.8) is 0 Å². The van der Waals surface area contributed by atoms with E-state index in [0.29, 0.717) is 16.8 Å². The predicted molar refractivity (Wildman–Crippen MR) is 80.5 cm³/mol. The van der Waals surface area contributed by atoms with Gasteiger partial charge >= 0.3 is 5.97 Å². The fourth-order valence-electron chi connectivity index (χ4n) is 2.00. The Morgan fingerprint density at radius 3 is 2.57 bits per heavy atom. The Balaban J connectivity index is 2.02. The summed E-state index contributed by atoms with van der Waals surface area (Å²) in [5.74, 6) is -0.765. The maximum absolute atomic E-state index is 12.3. The van der Waals surface area contributed by atoms with Gasteiger partial charge in [-0.15, -0.1) is 0 Å². The van der Waals surface area contributed by atoms with Crippen molar-refractivity contribution >= 4 is 23.5 Å². The van der Waals surface area contributed by atoms with Crippen LogP contribution >= 0.6 is 11.6 Å². The molecule has 1 saturated carbocycles. The number of nitrogens with one attached hydrogen (secondary N) is 1. The zero-order chi connectivity index (χ0) is 15.8. The zero-order valence-electron chi connectivity index (χ0n) is 12.8. The van der Waals surface area contributed by atoms with Crippen LogP contribution in [-0.2, 0) is 9.53 Å². The molecule has 1 fully saturated rings. The highest BCUT2D eigenvalue weighted by Crippen LogP contribution is 2.37. The van der Waals surface area contributed by atoms with E-state index < -0.39 is 17.6 Å². The van der Waals surface area contributed by atoms with Gasteiger partial charge in [0, 0.05) is 12.2 Å². The number of amides is 1. The fourth-order valence-corrected chi connectivity index (χ4v) is 2.21. The van der Waals surface area contributed by atoms with Gasteiger partial charge in [-0.05, 0) is 46.6 Å². The summed E-state index contributed by atoms with van der Waals surface area (Å²) in [6, 6.07) is 1.25. The van der Waals surface area contributed by atoms with Crippen molar-refractivity contribution in [1.82, 2.24) is 9.88 Å². The van der Waals surface area contributed by atoms with Gasteiger partial charge in [-0.1, -0.05) is 11.6 Å². The van der Waals surface area contributed by atoms with Crippen LogP contribution < -0.4 is 5.32 Å². The smallest absolute Gasteiger partial charge is 0.328 e. The van der Waals surface area contributed by atoms with Crippen molar-refractivity contribution in [2.45, 2.75) is 58.2 Å². The fraction of sp³-hybridized carbons (Fsp3) is 0.600. The summed E-state index contributed by atoms with van der Waals surface area (Å²) in [4.78, 5) is 24.2. The highest BCUT2D eigenvalue weighted by atomic mass is 35.5. The number of nitrogens with zero attached hydrogens (tertiary/aromatic N) is 1. The maximum Gasteiger partial charge on any atom is 0.328 e. The summed E-state index contributed by atoms with van der Waals surface area (Å²) < 4.78 is 7.12. The highest BCUT2D eigenvalue weighted by Gasteiger charge is 2.29. The lowest BCUT2D eigenvalue weighted by atomic mass is 10.2. The number of halogens is 1. The van der Waals surface area contributed by atoms with Crippen molar-refractivity contribution in [3.05, 3.63) is 23.0 Å². The van der Waals surface area contributed by atoms with Gasteiger partial charge in [0.1, 0.15) is 17.3 Å². The Labute approximate surface area is 129 Å². The second-order valence-electron chi connectivity index (χ2n) is 6.41. The molecule has 1 aromatic heterocycles. The Morgan fingerprint density at radius 2 is 2.05 bits per heavy atom. The van der Waals surface area contributed by atoms with Crippen LogP contribution in [0.4, 0.5) is 0 Å². The molecule has 1 amide bonds. The molecule has 1 aromatic rings. The lowest BCUT2D eigenvalue weighted by Crippen LogP contribution is -2.42. The molecule has 116 valence electrons. The predicted octanol–water partition coefficient (Wildman–Crippen LogP) is 2.94. The van der Waals surface area contributed by atoms with Crippen molar-refractivity contribution in [2.24, 2.45) is 0 Å². The van der Waals surface area contributed by atoms with Crippen LogP contribution in [0.2, 0.25) is 5.02 Å². The van der Waals surface area contributed by atoms with E-state index in [2.05, 4.69) is 5.32 Å². The molecule has 1 aliphatic carbocycles. The minimum Gasteiger partial charge on any atom is -0.458 e. The van der Waals surface area contributed by atoms with E-state index >= 15 is 0 Å². The molecule has 1 aliphatic rings. The van der Waals surface area contributed by atoms with Crippen LogP contribution in [0.5, 0.6) is 0 Å². The first kappa shape index (κ1) is 15.9. The summed E-state index contributed by atoms with van der Waals surface area (Å²) in [7, 11) is 0. The molecule has 2 rings (SSSR count). The maximum atomic E-state index is 12.3. The molecule has 0 aliphatic heterocycles. The van der Waals surface area contributed by atoms with Gasteiger partial charge in [-0.25, -0.2) is 4.79 Å². The van der Waals surface area contributed by atoms with E-state index in [9.17, 15) is 9.59 Å². The number of aromatic nitrogens is 1. The van der Waals surface area contributed by atoms with Crippen molar-refractivity contribution < 1.29 is 14.3 Å². The molecular formula is C15H21ClN2O3. The molecule has 1 N–H and O–H groups in total. The molecule has 0 unspecified atom stereocenters. The summed E-state index contributed by atoms with van der Waals surface area (Å²) in [5.41, 5.74) is -0.0916. The van der Waals surface area contributed by atoms with Crippen molar-refractivity contribution in [1.29, 1.82) is 0 Å². The number of carbonyl (C=O) groups is 2. The first-order valence-corrected chi connectivity index (χ1v) is 7.46. The topological polar surface area (TPSA) is 60.3 Å². The van der Waals surface area contributed by atoms with Crippen molar-refractivity contribution in [3.8, 4) is 0 Å². The molecule has 5 nitrogen and oxygen atoms in total. The number of hydrogen-bond donors (Lipinski definition) is 1. The molecule has 1 atom stereocenters. The molecule has 0 radical (unpaired) electrons. The summed E-state index contributed by atoms with van der Waals surface area (Å²) >= 11 is 5.98. The number of esters is 1. The lowest BCUT2D eigenvalue weighted by molar-refractivity contribution is -0.156. The quantitative estimate of drug-likeness (QED) is 0.870. The second-order valence-corrected chi connectivity index (χ2v) is 6.85. The van der Waals surface area contributed by atoms with Gasteiger partial charge in [-0.2, -0.15) is 0 Å². The molecule has 6 heteroatoms. The normalized spacial score (nSPS) is 16.4. The summed E-state index contributed by atoms with van der Waals surface area (Å²) in [5, 5.41) is 3.19. The van der Waals surface area contributed by atoms with Gasteiger partial charge in [0.25, 0.3) is 5.91 Å². The van der Waals surface area contributed by atoms with Gasteiger partial charge in [0.2, 0.25) is 0 Å². The average Bonchev–Trinajstić information content (AvgIpc) is 3.10. The van der Waals surface area contributed by atoms with E-state index in [1.54, 1.807) is 40.0 Å². The van der Waals surface area contributed by atoms with Crippen LogP contribution in [0.25, 0.3) is 0 Å². The van der Waals surface area contributed by atoms with E-state index in [1.165, 1.54) is 0 Å². The molecule has 0 saturated heterocycles. The SMILES string of the molecule is C[C@H](NC(=O)c1cc(Cl)cn1C1CC1)C(=O)OC(C)(C)C. The monoisotopic (exact) mass is 312 g/mol. The molecule has 0 aromatic carbocycles. The minimum absolute atomic E-state index is 0.313. The van der Waals surface area contributed by atoms with E-state index in [1.807, 2.05) is 4.57 Å². The van der Waals surface area contributed by atoms with Gasteiger partial charge in [0.05, 0.1) is 5.02 Å².